The molecule has 0 aliphatic carbocycles. The van der Waals surface area contributed by atoms with E-state index in [0.29, 0.717) is 0 Å². The molecule has 0 amide bonds. The molecule has 1 heterocycles. The zero-order chi connectivity index (χ0) is 11.4. The molecule has 5 nitrogen and oxygen atoms in total. The average Bonchev–Trinajstić information content (AvgIpc) is 2.26. The van der Waals surface area contributed by atoms with Gasteiger partial charge in [0.05, 0.1) is 13.2 Å². The monoisotopic (exact) mass is 212 g/mol. The minimum atomic E-state index is -1.08. The van der Waals surface area contributed by atoms with Gasteiger partial charge in [-0.15, -0.1) is 0 Å². The molecular formula is C10H16N2O3. The number of rotatable bonds is 4. The first-order valence-electron chi connectivity index (χ1n) is 4.79. The van der Waals surface area contributed by atoms with Crippen LogP contribution in [-0.2, 0) is 0 Å². The Labute approximate surface area is 88.8 Å². The van der Waals surface area contributed by atoms with Gasteiger partial charge in [-0.2, -0.15) is 0 Å². The second-order valence-corrected chi connectivity index (χ2v) is 3.63. The summed E-state index contributed by atoms with van der Waals surface area (Å²) >= 11 is 0. The first-order valence-corrected chi connectivity index (χ1v) is 4.79. The molecule has 5 heteroatoms. The Bertz CT molecular complexity index is 317. The van der Waals surface area contributed by atoms with Gasteiger partial charge in [-0.25, -0.2) is 4.98 Å². The number of aliphatic hydroxyl groups is 2. The van der Waals surface area contributed by atoms with Gasteiger partial charge in [0, 0.05) is 12.4 Å². The number of aromatic nitrogens is 2. The number of hydrogen-bond acceptors (Lipinski definition) is 5. The lowest BCUT2D eigenvalue weighted by atomic mass is 10.00. The maximum Gasteiger partial charge on any atom is 0.238 e. The van der Waals surface area contributed by atoms with Crippen molar-refractivity contribution in [2.24, 2.45) is 5.92 Å². The molecule has 0 spiro atoms. The standard InChI is InChI=1S/C10H16N2O3/c1-6(2)8(13)9(14)7-10(15-3)12-5-4-11-7/h4-6,8-9,13-14H,1-3H3. The van der Waals surface area contributed by atoms with Crippen LogP contribution in [0.3, 0.4) is 0 Å². The van der Waals surface area contributed by atoms with Gasteiger partial charge in [-0.05, 0) is 5.92 Å². The zero-order valence-corrected chi connectivity index (χ0v) is 9.08. The van der Waals surface area contributed by atoms with E-state index in [1.807, 2.05) is 13.8 Å². The maximum absolute atomic E-state index is 9.84. The van der Waals surface area contributed by atoms with E-state index in [9.17, 15) is 10.2 Å². The third kappa shape index (κ3) is 2.64. The number of methoxy groups -OCH3 is 1. The summed E-state index contributed by atoms with van der Waals surface area (Å²) in [5.74, 6) is 0.177. The summed E-state index contributed by atoms with van der Waals surface area (Å²) in [4.78, 5) is 7.86. The first kappa shape index (κ1) is 11.9. The van der Waals surface area contributed by atoms with Gasteiger partial charge >= 0.3 is 0 Å². The van der Waals surface area contributed by atoms with Crippen LogP contribution in [0.5, 0.6) is 5.88 Å². The van der Waals surface area contributed by atoms with Crippen molar-refractivity contribution in [3.8, 4) is 5.88 Å². The van der Waals surface area contributed by atoms with Gasteiger partial charge in [-0.3, -0.25) is 4.98 Å². The number of aliphatic hydroxyl groups excluding tert-OH is 2. The Morgan fingerprint density at radius 1 is 1.20 bits per heavy atom. The Morgan fingerprint density at radius 2 is 1.80 bits per heavy atom. The average molecular weight is 212 g/mol. The lowest BCUT2D eigenvalue weighted by Gasteiger charge is -2.21. The molecule has 1 aromatic rings. The normalized spacial score (nSPS) is 15.1. The van der Waals surface area contributed by atoms with Gasteiger partial charge in [0.15, 0.2) is 0 Å². The van der Waals surface area contributed by atoms with E-state index in [4.69, 9.17) is 4.74 Å². The lowest BCUT2D eigenvalue weighted by molar-refractivity contribution is -0.0132. The third-order valence-corrected chi connectivity index (χ3v) is 2.17. The van der Waals surface area contributed by atoms with Gasteiger partial charge in [0.25, 0.3) is 0 Å². The molecular weight excluding hydrogens is 196 g/mol. The summed E-state index contributed by atoms with van der Waals surface area (Å²) in [5, 5.41) is 19.5. The minimum absolute atomic E-state index is 0.0632. The van der Waals surface area contributed by atoms with E-state index in [-0.39, 0.29) is 17.5 Å². The predicted molar refractivity (Wildman–Crippen MR) is 54.4 cm³/mol. The van der Waals surface area contributed by atoms with Crippen molar-refractivity contribution in [2.45, 2.75) is 26.1 Å². The van der Waals surface area contributed by atoms with Crippen LogP contribution in [0.4, 0.5) is 0 Å². The summed E-state index contributed by atoms with van der Waals surface area (Å²) in [5.41, 5.74) is 0.265. The van der Waals surface area contributed by atoms with Crippen LogP contribution < -0.4 is 4.74 Å². The summed E-state index contributed by atoms with van der Waals surface area (Å²) < 4.78 is 4.95. The molecule has 15 heavy (non-hydrogen) atoms. The van der Waals surface area contributed by atoms with Crippen LogP contribution in [0.2, 0.25) is 0 Å². The largest absolute Gasteiger partial charge is 0.480 e. The molecule has 1 aromatic heterocycles. The number of hydrogen-bond donors (Lipinski definition) is 2. The maximum atomic E-state index is 9.84. The predicted octanol–water partition coefficient (Wildman–Crippen LogP) is 0.535. The molecule has 2 atom stereocenters. The van der Waals surface area contributed by atoms with Crippen LogP contribution in [0.25, 0.3) is 0 Å². The third-order valence-electron chi connectivity index (χ3n) is 2.17. The molecule has 0 aliphatic rings. The highest BCUT2D eigenvalue weighted by molar-refractivity contribution is 5.20. The van der Waals surface area contributed by atoms with Crippen molar-refractivity contribution in [3.05, 3.63) is 18.1 Å². The molecule has 0 aromatic carbocycles. The van der Waals surface area contributed by atoms with Gasteiger partial charge in [0.2, 0.25) is 5.88 Å². The highest BCUT2D eigenvalue weighted by Gasteiger charge is 2.26. The van der Waals surface area contributed by atoms with E-state index in [2.05, 4.69) is 9.97 Å². The zero-order valence-electron chi connectivity index (χ0n) is 9.08. The van der Waals surface area contributed by atoms with Gasteiger partial charge in [-0.1, -0.05) is 13.8 Å². The SMILES string of the molecule is COc1nccnc1C(O)C(O)C(C)C. The Balaban J connectivity index is 2.94. The van der Waals surface area contributed by atoms with Crippen molar-refractivity contribution >= 4 is 0 Å². The van der Waals surface area contributed by atoms with E-state index < -0.39 is 12.2 Å². The summed E-state index contributed by atoms with van der Waals surface area (Å²) in [6, 6.07) is 0. The fourth-order valence-electron chi connectivity index (χ4n) is 1.22. The Hall–Kier alpha value is -1.20. The van der Waals surface area contributed by atoms with Crippen molar-refractivity contribution in [1.29, 1.82) is 0 Å². The molecule has 2 unspecified atom stereocenters. The second-order valence-electron chi connectivity index (χ2n) is 3.63. The summed E-state index contributed by atoms with van der Waals surface area (Å²) in [7, 11) is 1.45. The van der Waals surface area contributed by atoms with Crippen LogP contribution >= 0.6 is 0 Å². The molecule has 2 N–H and O–H groups in total. The first-order chi connectivity index (χ1) is 7.07. The van der Waals surface area contributed by atoms with Crippen molar-refractivity contribution in [1.82, 2.24) is 9.97 Å². The Morgan fingerprint density at radius 3 is 2.33 bits per heavy atom. The molecule has 0 saturated carbocycles. The van der Waals surface area contributed by atoms with Crippen molar-refractivity contribution in [3.63, 3.8) is 0 Å². The van der Waals surface area contributed by atoms with E-state index in [0.717, 1.165) is 0 Å². The smallest absolute Gasteiger partial charge is 0.238 e. The topological polar surface area (TPSA) is 75.5 Å². The highest BCUT2D eigenvalue weighted by atomic mass is 16.5. The van der Waals surface area contributed by atoms with Gasteiger partial charge < -0.3 is 14.9 Å². The summed E-state index contributed by atoms with van der Waals surface area (Å²) in [6.07, 6.45) is 0.967. The molecule has 0 radical (unpaired) electrons. The molecule has 1 rings (SSSR count). The quantitative estimate of drug-likeness (QED) is 0.761. The Kier molecular flexibility index (Phi) is 3.99. The van der Waals surface area contributed by atoms with Crippen molar-refractivity contribution < 1.29 is 14.9 Å². The fraction of sp³-hybridized carbons (Fsp3) is 0.600. The van der Waals surface area contributed by atoms with Crippen LogP contribution in [0.15, 0.2) is 12.4 Å². The molecule has 84 valence electrons. The van der Waals surface area contributed by atoms with Gasteiger partial charge in [0.1, 0.15) is 11.8 Å². The number of ether oxygens (including phenoxy) is 1. The number of nitrogens with zero attached hydrogens (tertiary/aromatic N) is 2. The molecule has 0 bridgehead atoms. The van der Waals surface area contributed by atoms with E-state index in [1.54, 1.807) is 0 Å². The molecule has 0 saturated heterocycles. The molecule has 0 fully saturated rings. The fourth-order valence-corrected chi connectivity index (χ4v) is 1.22. The van der Waals surface area contributed by atoms with E-state index >= 15 is 0 Å². The van der Waals surface area contributed by atoms with E-state index in [1.165, 1.54) is 19.5 Å². The van der Waals surface area contributed by atoms with Crippen molar-refractivity contribution in [2.75, 3.05) is 7.11 Å². The minimum Gasteiger partial charge on any atom is -0.480 e. The lowest BCUT2D eigenvalue weighted by Crippen LogP contribution is -2.25. The highest BCUT2D eigenvalue weighted by Crippen LogP contribution is 2.25. The summed E-state index contributed by atoms with van der Waals surface area (Å²) in [6.45, 7) is 3.63. The molecule has 0 aliphatic heterocycles. The second kappa shape index (κ2) is 5.04. The van der Waals surface area contributed by atoms with Crippen LogP contribution in [0, 0.1) is 5.92 Å². The van der Waals surface area contributed by atoms with Crippen LogP contribution in [0.1, 0.15) is 25.6 Å². The van der Waals surface area contributed by atoms with Crippen LogP contribution in [-0.4, -0.2) is 33.4 Å².